The first-order valence-electron chi connectivity index (χ1n) is 6.71. The van der Waals surface area contributed by atoms with E-state index >= 15 is 0 Å². The summed E-state index contributed by atoms with van der Waals surface area (Å²) >= 11 is 7.01. The van der Waals surface area contributed by atoms with E-state index in [1.165, 1.54) is 29.7 Å². The van der Waals surface area contributed by atoms with Crippen molar-refractivity contribution in [1.82, 2.24) is 9.55 Å². The number of nitrogens with zero attached hydrogens (tertiary/aromatic N) is 3. The largest absolute Gasteiger partial charge is 0.319 e. The number of aromatic nitrogens is 2. The molecular weight excluding hydrogens is 337 g/mol. The Labute approximate surface area is 140 Å². The summed E-state index contributed by atoms with van der Waals surface area (Å²) in [5.74, 6) is -0.704. The molecule has 0 N–H and O–H groups in total. The maximum Gasteiger partial charge on any atom is 0.281 e. The molecule has 4 nitrogen and oxygen atoms in total. The number of pyridine rings is 1. The van der Waals surface area contributed by atoms with Crippen molar-refractivity contribution in [3.05, 3.63) is 81.1 Å². The summed E-state index contributed by atoms with van der Waals surface area (Å²) in [4.78, 5) is 20.6. The van der Waals surface area contributed by atoms with Crippen LogP contribution in [-0.2, 0) is 6.54 Å². The molecule has 23 heavy (non-hydrogen) atoms. The lowest BCUT2D eigenvalue weighted by atomic mass is 10.2. The second-order valence-electron chi connectivity index (χ2n) is 4.69. The summed E-state index contributed by atoms with van der Waals surface area (Å²) < 4.78 is 15.5. The first-order valence-corrected chi connectivity index (χ1v) is 7.97. The van der Waals surface area contributed by atoms with Gasteiger partial charge < -0.3 is 4.57 Å². The lowest BCUT2D eigenvalue weighted by Crippen LogP contribution is -2.17. The Kier molecular flexibility index (Phi) is 4.64. The number of hydrogen-bond acceptors (Lipinski definition) is 3. The molecular formula is C16H11ClFN3OS. The van der Waals surface area contributed by atoms with Gasteiger partial charge in [-0.15, -0.1) is 11.3 Å². The molecule has 7 heteroatoms. The number of thiazole rings is 1. The van der Waals surface area contributed by atoms with Crippen LogP contribution in [0.15, 0.2) is 59.2 Å². The van der Waals surface area contributed by atoms with E-state index in [2.05, 4.69) is 9.98 Å². The zero-order chi connectivity index (χ0) is 16.2. The van der Waals surface area contributed by atoms with Gasteiger partial charge in [-0.1, -0.05) is 29.8 Å². The van der Waals surface area contributed by atoms with Gasteiger partial charge in [-0.05, 0) is 18.2 Å². The molecule has 0 atom stereocenters. The summed E-state index contributed by atoms with van der Waals surface area (Å²) in [6, 6.07) is 9.62. The van der Waals surface area contributed by atoms with Gasteiger partial charge in [0.15, 0.2) is 4.80 Å². The first kappa shape index (κ1) is 15.6. The van der Waals surface area contributed by atoms with Crippen LogP contribution in [0.25, 0.3) is 0 Å². The number of hydrogen-bond donors (Lipinski definition) is 0. The molecule has 0 aliphatic rings. The summed E-state index contributed by atoms with van der Waals surface area (Å²) in [7, 11) is 0. The minimum Gasteiger partial charge on any atom is -0.319 e. The van der Waals surface area contributed by atoms with E-state index in [9.17, 15) is 9.18 Å². The van der Waals surface area contributed by atoms with E-state index < -0.39 is 5.91 Å². The molecule has 0 radical (unpaired) electrons. The fraction of sp³-hybridized carbons (Fsp3) is 0.0625. The van der Waals surface area contributed by atoms with Crippen LogP contribution in [0.4, 0.5) is 4.39 Å². The smallest absolute Gasteiger partial charge is 0.281 e. The predicted octanol–water partition coefficient (Wildman–Crippen LogP) is 3.53. The van der Waals surface area contributed by atoms with Gasteiger partial charge in [-0.3, -0.25) is 4.79 Å². The normalized spacial score (nSPS) is 11.7. The molecule has 0 saturated carbocycles. The molecule has 1 aromatic carbocycles. The Morgan fingerprint density at radius 1 is 1.30 bits per heavy atom. The Morgan fingerprint density at radius 3 is 2.87 bits per heavy atom. The Hall–Kier alpha value is -2.31. The highest BCUT2D eigenvalue weighted by Crippen LogP contribution is 2.09. The van der Waals surface area contributed by atoms with E-state index in [0.717, 1.165) is 0 Å². The second-order valence-corrected chi connectivity index (χ2v) is 5.95. The molecule has 3 rings (SSSR count). The van der Waals surface area contributed by atoms with Crippen molar-refractivity contribution in [2.75, 3.05) is 0 Å². The number of carbonyl (C=O) groups is 1. The van der Waals surface area contributed by atoms with Crippen LogP contribution >= 0.6 is 22.9 Å². The lowest BCUT2D eigenvalue weighted by molar-refractivity contribution is 0.0997. The molecule has 2 aromatic heterocycles. The van der Waals surface area contributed by atoms with Crippen molar-refractivity contribution in [3.8, 4) is 0 Å². The summed E-state index contributed by atoms with van der Waals surface area (Å²) in [6.07, 6.45) is 3.15. The predicted molar refractivity (Wildman–Crippen MR) is 87.0 cm³/mol. The molecule has 1 amide bonds. The van der Waals surface area contributed by atoms with Gasteiger partial charge in [0.25, 0.3) is 5.91 Å². The molecule has 0 aliphatic carbocycles. The van der Waals surface area contributed by atoms with E-state index in [1.807, 2.05) is 0 Å². The minimum absolute atomic E-state index is 0.287. The summed E-state index contributed by atoms with van der Waals surface area (Å²) in [5, 5.41) is 2.11. The standard InChI is InChI=1S/C16H11ClFN3OS/c17-14-6-5-11(9-19-14)15(22)20-16-21(7-8-23-16)10-12-3-1-2-4-13(12)18/h1-9H,10H2. The highest BCUT2D eigenvalue weighted by Gasteiger charge is 2.07. The van der Waals surface area contributed by atoms with Crippen LogP contribution < -0.4 is 4.80 Å². The third-order valence-electron chi connectivity index (χ3n) is 3.13. The van der Waals surface area contributed by atoms with Crippen molar-refractivity contribution in [2.45, 2.75) is 6.54 Å². The number of rotatable bonds is 3. The zero-order valence-electron chi connectivity index (χ0n) is 11.8. The highest BCUT2D eigenvalue weighted by molar-refractivity contribution is 7.07. The van der Waals surface area contributed by atoms with Gasteiger partial charge in [-0.25, -0.2) is 9.37 Å². The van der Waals surface area contributed by atoms with Crippen LogP contribution in [0.3, 0.4) is 0 Å². The quantitative estimate of drug-likeness (QED) is 0.680. The van der Waals surface area contributed by atoms with Crippen molar-refractivity contribution in [1.29, 1.82) is 0 Å². The third-order valence-corrected chi connectivity index (χ3v) is 4.15. The minimum atomic E-state index is -0.418. The molecule has 0 saturated heterocycles. The molecule has 3 aromatic rings. The van der Waals surface area contributed by atoms with Gasteiger partial charge in [0.1, 0.15) is 11.0 Å². The molecule has 116 valence electrons. The third kappa shape index (κ3) is 3.72. The lowest BCUT2D eigenvalue weighted by Gasteiger charge is -2.04. The maximum atomic E-state index is 13.8. The second kappa shape index (κ2) is 6.85. The van der Waals surface area contributed by atoms with Crippen molar-refractivity contribution >= 4 is 28.8 Å². The molecule has 0 bridgehead atoms. The average molecular weight is 348 g/mol. The molecule has 0 unspecified atom stereocenters. The fourth-order valence-corrected chi connectivity index (χ4v) is 2.81. The Bertz CT molecular complexity index is 902. The monoisotopic (exact) mass is 347 g/mol. The van der Waals surface area contributed by atoms with Gasteiger partial charge in [-0.2, -0.15) is 4.99 Å². The highest BCUT2D eigenvalue weighted by atomic mass is 35.5. The van der Waals surface area contributed by atoms with Crippen molar-refractivity contribution in [2.24, 2.45) is 4.99 Å². The number of benzene rings is 1. The molecule has 2 heterocycles. The van der Waals surface area contributed by atoms with E-state index in [-0.39, 0.29) is 5.82 Å². The summed E-state index contributed by atoms with van der Waals surface area (Å²) in [6.45, 7) is 0.307. The SMILES string of the molecule is O=C(N=c1sccn1Cc1ccccc1F)c1ccc(Cl)nc1. The van der Waals surface area contributed by atoms with E-state index in [4.69, 9.17) is 11.6 Å². The number of halogens is 2. The van der Waals surface area contributed by atoms with Gasteiger partial charge in [0.05, 0.1) is 12.1 Å². The number of amides is 1. The molecule has 0 aliphatic heterocycles. The Morgan fingerprint density at radius 2 is 2.13 bits per heavy atom. The first-order chi connectivity index (χ1) is 11.1. The number of carbonyl (C=O) groups excluding carboxylic acids is 1. The fourth-order valence-electron chi connectivity index (χ4n) is 1.97. The van der Waals surface area contributed by atoms with Gasteiger partial charge in [0.2, 0.25) is 0 Å². The molecule has 0 fully saturated rings. The molecule has 0 spiro atoms. The van der Waals surface area contributed by atoms with Crippen LogP contribution in [-0.4, -0.2) is 15.5 Å². The maximum absolute atomic E-state index is 13.8. The van der Waals surface area contributed by atoms with Crippen LogP contribution in [0.1, 0.15) is 15.9 Å². The average Bonchev–Trinajstić information content (AvgIpc) is 2.97. The topological polar surface area (TPSA) is 47.2 Å². The van der Waals surface area contributed by atoms with Crippen LogP contribution in [0, 0.1) is 5.82 Å². The van der Waals surface area contributed by atoms with Crippen LogP contribution in [0.2, 0.25) is 5.15 Å². The van der Waals surface area contributed by atoms with Crippen molar-refractivity contribution in [3.63, 3.8) is 0 Å². The van der Waals surface area contributed by atoms with E-state index in [1.54, 1.807) is 40.4 Å². The van der Waals surface area contributed by atoms with E-state index in [0.29, 0.717) is 27.6 Å². The van der Waals surface area contributed by atoms with Gasteiger partial charge in [0, 0.05) is 23.3 Å². The van der Waals surface area contributed by atoms with Gasteiger partial charge >= 0.3 is 0 Å². The van der Waals surface area contributed by atoms with Crippen LogP contribution in [0.5, 0.6) is 0 Å². The summed E-state index contributed by atoms with van der Waals surface area (Å²) in [5.41, 5.74) is 0.883. The van der Waals surface area contributed by atoms with Crippen molar-refractivity contribution < 1.29 is 9.18 Å². The zero-order valence-corrected chi connectivity index (χ0v) is 13.4. The Balaban J connectivity index is 1.90.